The summed E-state index contributed by atoms with van der Waals surface area (Å²) >= 11 is 0. The molecule has 4 atom stereocenters. The number of rotatable bonds is 0. The van der Waals surface area contributed by atoms with Gasteiger partial charge in [-0.3, -0.25) is 0 Å². The maximum atomic E-state index is 11.6. The lowest BCUT2D eigenvalue weighted by molar-refractivity contribution is -0.139. The first-order valence-corrected chi connectivity index (χ1v) is 6.51. The molecule has 0 aromatic heterocycles. The van der Waals surface area contributed by atoms with Gasteiger partial charge in [-0.15, -0.1) is 0 Å². The zero-order valence-corrected chi connectivity index (χ0v) is 11.1. The Morgan fingerprint density at radius 3 is 2.74 bits per heavy atom. The van der Waals surface area contributed by atoms with Crippen LogP contribution in [0.1, 0.15) is 26.2 Å². The van der Waals surface area contributed by atoms with E-state index in [2.05, 4.69) is 13.2 Å². The van der Waals surface area contributed by atoms with E-state index in [1.165, 1.54) is 0 Å². The minimum Gasteiger partial charge on any atom is -0.458 e. The predicted octanol–water partition coefficient (Wildman–Crippen LogP) is 1.49. The monoisotopic (exact) mass is 264 g/mol. The Morgan fingerprint density at radius 2 is 2.05 bits per heavy atom. The van der Waals surface area contributed by atoms with E-state index in [1.807, 2.05) is 6.92 Å². The molecule has 19 heavy (non-hydrogen) atoms. The minimum absolute atomic E-state index is 0.296. The zero-order valence-electron chi connectivity index (χ0n) is 11.1. The van der Waals surface area contributed by atoms with Gasteiger partial charge in [0.05, 0.1) is 18.1 Å². The SMILES string of the molecule is C=C1C[C@@H]2OC(=O)C(=C)C2[C@H](O)/C=C(\C)CCC1O. The van der Waals surface area contributed by atoms with E-state index >= 15 is 0 Å². The number of allylic oxidation sites excluding steroid dienone is 1. The molecule has 2 unspecified atom stereocenters. The number of carbonyl (C=O) groups excluding carboxylic acids is 1. The van der Waals surface area contributed by atoms with Gasteiger partial charge in [-0.25, -0.2) is 4.79 Å². The van der Waals surface area contributed by atoms with Crippen LogP contribution in [0.25, 0.3) is 0 Å². The van der Waals surface area contributed by atoms with Crippen molar-refractivity contribution < 1.29 is 19.7 Å². The van der Waals surface area contributed by atoms with E-state index in [0.717, 1.165) is 5.57 Å². The van der Waals surface area contributed by atoms with Crippen LogP contribution in [0.5, 0.6) is 0 Å². The molecule has 0 saturated carbocycles. The summed E-state index contributed by atoms with van der Waals surface area (Å²) < 4.78 is 5.23. The van der Waals surface area contributed by atoms with Crippen molar-refractivity contribution in [1.82, 2.24) is 0 Å². The average Bonchev–Trinajstić information content (AvgIpc) is 2.60. The number of esters is 1. The number of carbonyl (C=O) groups is 1. The molecule has 1 aliphatic carbocycles. The summed E-state index contributed by atoms with van der Waals surface area (Å²) in [5, 5.41) is 20.2. The van der Waals surface area contributed by atoms with E-state index < -0.39 is 30.2 Å². The number of fused-ring (bicyclic) bond motifs is 1. The molecule has 2 aliphatic rings. The molecule has 0 bridgehead atoms. The molecule has 0 radical (unpaired) electrons. The third-order valence-corrected chi connectivity index (χ3v) is 3.89. The van der Waals surface area contributed by atoms with Gasteiger partial charge in [-0.05, 0) is 25.3 Å². The second-order valence-electron chi connectivity index (χ2n) is 5.42. The van der Waals surface area contributed by atoms with Gasteiger partial charge in [-0.1, -0.05) is 24.8 Å². The molecule has 1 aliphatic heterocycles. The topological polar surface area (TPSA) is 66.8 Å². The van der Waals surface area contributed by atoms with Crippen LogP contribution in [0, 0.1) is 5.92 Å². The van der Waals surface area contributed by atoms with Crippen LogP contribution in [0.3, 0.4) is 0 Å². The molecule has 0 amide bonds. The molecule has 2 rings (SSSR count). The summed E-state index contributed by atoms with van der Waals surface area (Å²) in [6, 6.07) is 0. The molecule has 1 saturated heterocycles. The van der Waals surface area contributed by atoms with Crippen LogP contribution in [-0.4, -0.2) is 34.5 Å². The molecule has 4 heteroatoms. The molecular weight excluding hydrogens is 244 g/mol. The molecule has 0 aromatic carbocycles. The average molecular weight is 264 g/mol. The third-order valence-electron chi connectivity index (χ3n) is 3.89. The summed E-state index contributed by atoms with van der Waals surface area (Å²) in [6.07, 6.45) is 1.47. The standard InChI is InChI=1S/C15H20O4/c1-8-4-5-11(16)9(2)7-13-14(12(17)6-8)10(3)15(18)19-13/h6,11-14,16-17H,2-5,7H2,1H3/b8-6+/t11?,12-,13+,14?/m1/s1. The fourth-order valence-corrected chi connectivity index (χ4v) is 2.68. The lowest BCUT2D eigenvalue weighted by atomic mass is 9.84. The van der Waals surface area contributed by atoms with Crippen LogP contribution >= 0.6 is 0 Å². The third kappa shape index (κ3) is 2.80. The van der Waals surface area contributed by atoms with Crippen LogP contribution in [0.4, 0.5) is 0 Å². The summed E-state index contributed by atoms with van der Waals surface area (Å²) in [4.78, 5) is 11.6. The summed E-state index contributed by atoms with van der Waals surface area (Å²) in [7, 11) is 0. The van der Waals surface area contributed by atoms with E-state index in [-0.39, 0.29) is 0 Å². The van der Waals surface area contributed by atoms with Gasteiger partial charge in [0.2, 0.25) is 0 Å². The van der Waals surface area contributed by atoms with E-state index in [4.69, 9.17) is 4.74 Å². The molecular formula is C15H20O4. The van der Waals surface area contributed by atoms with Gasteiger partial charge in [0, 0.05) is 12.0 Å². The van der Waals surface area contributed by atoms with Crippen molar-refractivity contribution in [3.05, 3.63) is 36.0 Å². The number of aliphatic hydroxyl groups is 2. The Kier molecular flexibility index (Phi) is 3.92. The molecule has 1 heterocycles. The van der Waals surface area contributed by atoms with E-state index in [1.54, 1.807) is 6.08 Å². The lowest BCUT2D eigenvalue weighted by Gasteiger charge is -2.25. The van der Waals surface area contributed by atoms with Crippen LogP contribution < -0.4 is 0 Å². The summed E-state index contributed by atoms with van der Waals surface area (Å²) in [5.41, 5.74) is 1.91. The smallest absolute Gasteiger partial charge is 0.334 e. The second kappa shape index (κ2) is 5.31. The van der Waals surface area contributed by atoms with Gasteiger partial charge >= 0.3 is 5.97 Å². The van der Waals surface area contributed by atoms with Crippen molar-refractivity contribution in [2.45, 2.75) is 44.5 Å². The fourth-order valence-electron chi connectivity index (χ4n) is 2.68. The van der Waals surface area contributed by atoms with Gasteiger partial charge in [0.15, 0.2) is 0 Å². The van der Waals surface area contributed by atoms with Gasteiger partial charge in [-0.2, -0.15) is 0 Å². The first kappa shape index (κ1) is 14.0. The quantitative estimate of drug-likeness (QED) is 0.395. The summed E-state index contributed by atoms with van der Waals surface area (Å²) in [6.45, 7) is 9.47. The highest BCUT2D eigenvalue weighted by Gasteiger charge is 2.42. The van der Waals surface area contributed by atoms with Gasteiger partial charge < -0.3 is 14.9 Å². The normalized spacial score (nSPS) is 39.3. The first-order chi connectivity index (χ1) is 8.90. The number of aliphatic hydroxyl groups excluding tert-OH is 2. The first-order valence-electron chi connectivity index (χ1n) is 6.51. The Bertz CT molecular complexity index is 449. The Labute approximate surface area is 113 Å². The molecule has 0 spiro atoms. The van der Waals surface area contributed by atoms with Crippen LogP contribution in [0.2, 0.25) is 0 Å². The van der Waals surface area contributed by atoms with Crippen molar-refractivity contribution >= 4 is 5.97 Å². The predicted molar refractivity (Wildman–Crippen MR) is 71.3 cm³/mol. The van der Waals surface area contributed by atoms with Gasteiger partial charge in [0.25, 0.3) is 0 Å². The second-order valence-corrected chi connectivity index (χ2v) is 5.42. The fraction of sp³-hybridized carbons (Fsp3) is 0.533. The highest BCUT2D eigenvalue weighted by atomic mass is 16.6. The number of hydrogen-bond acceptors (Lipinski definition) is 4. The maximum absolute atomic E-state index is 11.6. The van der Waals surface area contributed by atoms with Crippen molar-refractivity contribution in [3.8, 4) is 0 Å². The lowest BCUT2D eigenvalue weighted by Crippen LogP contribution is -2.30. The number of hydrogen-bond donors (Lipinski definition) is 2. The number of ether oxygens (including phenoxy) is 1. The molecule has 0 aromatic rings. The molecule has 4 nitrogen and oxygen atoms in total. The zero-order chi connectivity index (χ0) is 14.2. The summed E-state index contributed by atoms with van der Waals surface area (Å²) in [5.74, 6) is -0.925. The largest absolute Gasteiger partial charge is 0.458 e. The van der Waals surface area contributed by atoms with Crippen LogP contribution in [0.15, 0.2) is 36.0 Å². The molecule has 2 N–H and O–H groups in total. The highest BCUT2D eigenvalue weighted by molar-refractivity contribution is 5.91. The Morgan fingerprint density at radius 1 is 1.37 bits per heavy atom. The van der Waals surface area contributed by atoms with Crippen molar-refractivity contribution in [3.63, 3.8) is 0 Å². The molecule has 1 fully saturated rings. The highest BCUT2D eigenvalue weighted by Crippen LogP contribution is 2.35. The Balaban J connectivity index is 2.33. The van der Waals surface area contributed by atoms with E-state index in [9.17, 15) is 15.0 Å². The molecule has 104 valence electrons. The van der Waals surface area contributed by atoms with Crippen LogP contribution in [-0.2, 0) is 9.53 Å². The van der Waals surface area contributed by atoms with E-state index in [0.29, 0.717) is 30.4 Å². The van der Waals surface area contributed by atoms with Crippen molar-refractivity contribution in [2.24, 2.45) is 5.92 Å². The Hall–Kier alpha value is -1.39. The minimum atomic E-state index is -0.785. The van der Waals surface area contributed by atoms with Crippen molar-refractivity contribution in [2.75, 3.05) is 0 Å². The van der Waals surface area contributed by atoms with Crippen molar-refractivity contribution in [1.29, 1.82) is 0 Å². The van der Waals surface area contributed by atoms with Gasteiger partial charge in [0.1, 0.15) is 6.10 Å². The maximum Gasteiger partial charge on any atom is 0.334 e.